The van der Waals surface area contributed by atoms with Crippen LogP contribution in [0.2, 0.25) is 0 Å². The number of para-hydroxylation sites is 1. The van der Waals surface area contributed by atoms with Gasteiger partial charge >= 0.3 is 0 Å². The number of rotatable bonds is 7. The van der Waals surface area contributed by atoms with E-state index in [0.717, 1.165) is 28.6 Å². The highest BCUT2D eigenvalue weighted by molar-refractivity contribution is 5.79. The van der Waals surface area contributed by atoms with Crippen molar-refractivity contribution in [2.45, 2.75) is 58.8 Å². The minimum Gasteiger partial charge on any atom is -0.358 e. The van der Waals surface area contributed by atoms with Crippen molar-refractivity contribution < 1.29 is 0 Å². The van der Waals surface area contributed by atoms with Crippen molar-refractivity contribution in [3.63, 3.8) is 0 Å². The first-order chi connectivity index (χ1) is 9.74. The van der Waals surface area contributed by atoms with Gasteiger partial charge < -0.3 is 4.98 Å². The Bertz CT molecular complexity index is 612. The molecular formula is C18H25NO. The monoisotopic (exact) mass is 271 g/mol. The van der Waals surface area contributed by atoms with Crippen molar-refractivity contribution in [3.8, 4) is 0 Å². The minimum absolute atomic E-state index is 0.181. The van der Waals surface area contributed by atoms with Crippen LogP contribution in [0.25, 0.3) is 10.9 Å². The van der Waals surface area contributed by atoms with E-state index in [4.69, 9.17) is 0 Å². The summed E-state index contributed by atoms with van der Waals surface area (Å²) in [6, 6.07) is 7.78. The molecule has 0 unspecified atom stereocenters. The van der Waals surface area contributed by atoms with Crippen LogP contribution in [0.4, 0.5) is 0 Å². The summed E-state index contributed by atoms with van der Waals surface area (Å²) in [4.78, 5) is 15.7. The molecule has 0 bridgehead atoms. The number of aryl methyl sites for hydroxylation is 1. The third-order valence-electron chi connectivity index (χ3n) is 4.03. The average molecular weight is 271 g/mol. The summed E-state index contributed by atoms with van der Waals surface area (Å²) in [5.41, 5.74) is 3.14. The van der Waals surface area contributed by atoms with E-state index in [1.165, 1.54) is 38.5 Å². The van der Waals surface area contributed by atoms with Crippen molar-refractivity contribution >= 4 is 10.9 Å². The van der Waals surface area contributed by atoms with Gasteiger partial charge in [-0.05, 0) is 31.9 Å². The number of aromatic nitrogens is 1. The third-order valence-corrected chi connectivity index (χ3v) is 4.03. The number of aromatic amines is 1. The lowest BCUT2D eigenvalue weighted by Crippen LogP contribution is -2.11. The molecule has 1 heterocycles. The molecule has 20 heavy (non-hydrogen) atoms. The third kappa shape index (κ3) is 3.50. The van der Waals surface area contributed by atoms with Crippen molar-refractivity contribution in [3.05, 3.63) is 45.7 Å². The zero-order valence-corrected chi connectivity index (χ0v) is 12.7. The van der Waals surface area contributed by atoms with Crippen molar-refractivity contribution in [1.82, 2.24) is 4.98 Å². The average Bonchev–Trinajstić information content (AvgIpc) is 2.47. The molecule has 0 aliphatic carbocycles. The fourth-order valence-electron chi connectivity index (χ4n) is 2.72. The Balaban J connectivity index is 2.03. The van der Waals surface area contributed by atoms with Crippen LogP contribution >= 0.6 is 0 Å². The first-order valence-corrected chi connectivity index (χ1v) is 7.84. The Morgan fingerprint density at radius 3 is 2.50 bits per heavy atom. The summed E-state index contributed by atoms with van der Waals surface area (Å²) in [6.45, 7) is 4.18. The summed E-state index contributed by atoms with van der Waals surface area (Å²) in [7, 11) is 0. The quantitative estimate of drug-likeness (QED) is 0.725. The Morgan fingerprint density at radius 2 is 1.70 bits per heavy atom. The highest BCUT2D eigenvalue weighted by atomic mass is 16.1. The van der Waals surface area contributed by atoms with Crippen molar-refractivity contribution in [2.75, 3.05) is 0 Å². The molecule has 1 aromatic heterocycles. The standard InChI is InChI=1S/C18H25NO/c1-3-4-5-6-7-8-12-16-14(2)18(20)15-11-9-10-13-17(15)19-16/h9-11,13H,3-8,12H2,1-2H3,(H,19,20). The van der Waals surface area contributed by atoms with E-state index in [0.29, 0.717) is 0 Å². The Hall–Kier alpha value is -1.57. The van der Waals surface area contributed by atoms with Gasteiger partial charge in [0.25, 0.3) is 0 Å². The van der Waals surface area contributed by atoms with Crippen LogP contribution in [0, 0.1) is 6.92 Å². The molecule has 0 aliphatic heterocycles. The maximum Gasteiger partial charge on any atom is 0.192 e. The number of hydrogen-bond acceptors (Lipinski definition) is 1. The molecule has 0 aliphatic rings. The van der Waals surface area contributed by atoms with Crippen LogP contribution in [0.3, 0.4) is 0 Å². The van der Waals surface area contributed by atoms with Crippen LogP contribution in [0.5, 0.6) is 0 Å². The van der Waals surface area contributed by atoms with E-state index >= 15 is 0 Å². The molecule has 1 aromatic carbocycles. The normalized spacial score (nSPS) is 11.1. The van der Waals surface area contributed by atoms with Gasteiger partial charge in [-0.1, -0.05) is 51.2 Å². The predicted octanol–water partition coefficient (Wildman–Crippen LogP) is 4.74. The van der Waals surface area contributed by atoms with Crippen molar-refractivity contribution in [1.29, 1.82) is 0 Å². The van der Waals surface area contributed by atoms with Gasteiger partial charge in [-0.2, -0.15) is 0 Å². The number of hydrogen-bond donors (Lipinski definition) is 1. The molecule has 1 N–H and O–H groups in total. The summed E-state index contributed by atoms with van der Waals surface area (Å²) < 4.78 is 0. The summed E-state index contributed by atoms with van der Waals surface area (Å²) in [6.07, 6.45) is 8.68. The molecule has 0 fully saturated rings. The van der Waals surface area contributed by atoms with E-state index in [1.807, 2.05) is 31.2 Å². The second-order valence-electron chi connectivity index (χ2n) is 5.62. The lowest BCUT2D eigenvalue weighted by Gasteiger charge is -2.08. The van der Waals surface area contributed by atoms with Gasteiger partial charge in [0, 0.05) is 22.2 Å². The van der Waals surface area contributed by atoms with Gasteiger partial charge in [0.1, 0.15) is 0 Å². The smallest absolute Gasteiger partial charge is 0.192 e. The zero-order valence-electron chi connectivity index (χ0n) is 12.7. The molecule has 0 atom stereocenters. The van der Waals surface area contributed by atoms with E-state index in [9.17, 15) is 4.79 Å². The Morgan fingerprint density at radius 1 is 1.00 bits per heavy atom. The van der Waals surface area contributed by atoms with Crippen LogP contribution in [-0.2, 0) is 6.42 Å². The Labute approximate surface area is 121 Å². The largest absolute Gasteiger partial charge is 0.358 e. The second-order valence-corrected chi connectivity index (χ2v) is 5.62. The number of H-pyrrole nitrogens is 1. The SMILES string of the molecule is CCCCCCCCc1[nH]c2ccccc2c(=O)c1C. The van der Waals surface area contributed by atoms with E-state index in [2.05, 4.69) is 11.9 Å². The molecule has 0 amide bonds. The predicted molar refractivity (Wildman–Crippen MR) is 86.4 cm³/mol. The fraction of sp³-hybridized carbons (Fsp3) is 0.500. The number of nitrogens with one attached hydrogen (secondary N) is 1. The van der Waals surface area contributed by atoms with Crippen LogP contribution < -0.4 is 5.43 Å². The molecule has 2 aromatic rings. The second kappa shape index (κ2) is 7.28. The molecule has 0 saturated carbocycles. The van der Waals surface area contributed by atoms with Crippen LogP contribution in [0.15, 0.2) is 29.1 Å². The van der Waals surface area contributed by atoms with Gasteiger partial charge in [-0.15, -0.1) is 0 Å². The lowest BCUT2D eigenvalue weighted by atomic mass is 10.0. The molecule has 2 heteroatoms. The zero-order chi connectivity index (χ0) is 14.4. The Kier molecular flexibility index (Phi) is 5.40. The maximum atomic E-state index is 12.3. The highest BCUT2D eigenvalue weighted by Gasteiger charge is 2.07. The number of fused-ring (bicyclic) bond motifs is 1. The van der Waals surface area contributed by atoms with E-state index < -0.39 is 0 Å². The summed E-state index contributed by atoms with van der Waals surface area (Å²) in [5.74, 6) is 0. The van der Waals surface area contributed by atoms with Crippen LogP contribution in [0.1, 0.15) is 56.7 Å². The van der Waals surface area contributed by atoms with Gasteiger partial charge in [-0.3, -0.25) is 4.79 Å². The summed E-state index contributed by atoms with van der Waals surface area (Å²) >= 11 is 0. The van der Waals surface area contributed by atoms with Gasteiger partial charge in [0.15, 0.2) is 5.43 Å². The van der Waals surface area contributed by atoms with E-state index in [-0.39, 0.29) is 5.43 Å². The molecule has 0 saturated heterocycles. The van der Waals surface area contributed by atoms with Gasteiger partial charge in [0.2, 0.25) is 0 Å². The minimum atomic E-state index is 0.181. The van der Waals surface area contributed by atoms with Gasteiger partial charge in [-0.25, -0.2) is 0 Å². The molecule has 108 valence electrons. The van der Waals surface area contributed by atoms with Gasteiger partial charge in [0.05, 0.1) is 0 Å². The summed E-state index contributed by atoms with van der Waals surface area (Å²) in [5, 5.41) is 0.802. The van der Waals surface area contributed by atoms with E-state index in [1.54, 1.807) is 0 Å². The molecular weight excluding hydrogens is 246 g/mol. The number of benzene rings is 1. The first kappa shape index (κ1) is 14.8. The molecule has 0 radical (unpaired) electrons. The number of pyridine rings is 1. The maximum absolute atomic E-state index is 12.3. The fourth-order valence-corrected chi connectivity index (χ4v) is 2.72. The topological polar surface area (TPSA) is 32.9 Å². The number of unbranched alkanes of at least 4 members (excludes halogenated alkanes) is 5. The first-order valence-electron chi connectivity index (χ1n) is 7.84. The van der Waals surface area contributed by atoms with Crippen LogP contribution in [-0.4, -0.2) is 4.98 Å². The molecule has 0 spiro atoms. The lowest BCUT2D eigenvalue weighted by molar-refractivity contribution is 0.604. The molecule has 2 rings (SSSR count). The highest BCUT2D eigenvalue weighted by Crippen LogP contribution is 2.14. The van der Waals surface area contributed by atoms with Crippen molar-refractivity contribution in [2.24, 2.45) is 0 Å². The molecule has 2 nitrogen and oxygen atoms in total.